The molecule has 1 aliphatic carbocycles. The van der Waals surface area contributed by atoms with Crippen LogP contribution < -0.4 is 0 Å². The first-order valence-electron chi connectivity index (χ1n) is 3.40. The van der Waals surface area contributed by atoms with Crippen molar-refractivity contribution in [2.24, 2.45) is 0 Å². The molecular formula is C6H13NaO2S. The van der Waals surface area contributed by atoms with E-state index in [4.69, 9.17) is 4.55 Å². The molecule has 0 saturated heterocycles. The van der Waals surface area contributed by atoms with Crippen LogP contribution in [0.2, 0.25) is 0 Å². The van der Waals surface area contributed by atoms with Crippen molar-refractivity contribution >= 4 is 40.6 Å². The summed E-state index contributed by atoms with van der Waals surface area (Å²) >= 11 is -1.55. The van der Waals surface area contributed by atoms with E-state index in [2.05, 4.69) is 0 Å². The van der Waals surface area contributed by atoms with Gasteiger partial charge in [-0.15, -0.1) is 0 Å². The van der Waals surface area contributed by atoms with Crippen LogP contribution in [-0.4, -0.2) is 43.6 Å². The van der Waals surface area contributed by atoms with E-state index in [1.165, 1.54) is 6.42 Å². The molecule has 4 heteroatoms. The second-order valence-corrected chi connectivity index (χ2v) is 3.76. The summed E-state index contributed by atoms with van der Waals surface area (Å²) in [6.45, 7) is 0. The first-order valence-corrected chi connectivity index (χ1v) is 4.57. The summed E-state index contributed by atoms with van der Waals surface area (Å²) in [5, 5.41) is 0.0822. The van der Waals surface area contributed by atoms with Gasteiger partial charge < -0.3 is 4.55 Å². The number of hydrogen-bond donors (Lipinski definition) is 1. The Morgan fingerprint density at radius 2 is 1.70 bits per heavy atom. The standard InChI is InChI=1S/C6H12O2S.Na.H/c7-9(8)6-4-2-1-3-5-6;;/h6H,1-5H2,(H,7,8);;. The third-order valence-corrected chi connectivity index (χ3v) is 2.88. The zero-order valence-electron chi connectivity index (χ0n) is 5.38. The first-order chi connectivity index (χ1) is 4.30. The number of rotatable bonds is 1. The fourth-order valence-corrected chi connectivity index (χ4v) is 2.00. The zero-order chi connectivity index (χ0) is 6.69. The van der Waals surface area contributed by atoms with Crippen molar-refractivity contribution in [3.05, 3.63) is 0 Å². The van der Waals surface area contributed by atoms with Crippen molar-refractivity contribution in [2.75, 3.05) is 0 Å². The van der Waals surface area contributed by atoms with Crippen LogP contribution >= 0.6 is 0 Å². The molecule has 0 aromatic carbocycles. The fraction of sp³-hybridized carbons (Fsp3) is 1.00. The zero-order valence-corrected chi connectivity index (χ0v) is 6.19. The summed E-state index contributed by atoms with van der Waals surface area (Å²) < 4.78 is 19.1. The summed E-state index contributed by atoms with van der Waals surface area (Å²) in [5.41, 5.74) is 0. The van der Waals surface area contributed by atoms with Gasteiger partial charge in [0.15, 0.2) is 11.1 Å². The molecular weight excluding hydrogens is 159 g/mol. The Bertz CT molecular complexity index is 112. The van der Waals surface area contributed by atoms with Crippen molar-refractivity contribution < 1.29 is 8.76 Å². The summed E-state index contributed by atoms with van der Waals surface area (Å²) in [4.78, 5) is 0. The minimum absolute atomic E-state index is 0. The van der Waals surface area contributed by atoms with E-state index in [1.807, 2.05) is 0 Å². The third-order valence-electron chi connectivity index (χ3n) is 1.84. The normalized spacial score (nSPS) is 23.3. The molecule has 0 aliphatic heterocycles. The molecule has 0 aromatic heterocycles. The van der Waals surface area contributed by atoms with Crippen molar-refractivity contribution in [1.82, 2.24) is 0 Å². The van der Waals surface area contributed by atoms with Gasteiger partial charge in [-0.05, 0) is 12.8 Å². The van der Waals surface area contributed by atoms with Gasteiger partial charge >= 0.3 is 29.6 Å². The molecule has 1 saturated carbocycles. The molecule has 1 unspecified atom stereocenters. The van der Waals surface area contributed by atoms with Crippen LogP contribution in [0.5, 0.6) is 0 Å². The molecule has 1 fully saturated rings. The Morgan fingerprint density at radius 1 is 1.20 bits per heavy atom. The van der Waals surface area contributed by atoms with E-state index >= 15 is 0 Å². The predicted octanol–water partition coefficient (Wildman–Crippen LogP) is 0.892. The van der Waals surface area contributed by atoms with Gasteiger partial charge in [0.25, 0.3) is 0 Å². The quantitative estimate of drug-likeness (QED) is 0.471. The van der Waals surface area contributed by atoms with Crippen molar-refractivity contribution in [2.45, 2.75) is 37.4 Å². The van der Waals surface area contributed by atoms with Gasteiger partial charge in [0.2, 0.25) is 0 Å². The third kappa shape index (κ3) is 3.49. The van der Waals surface area contributed by atoms with Gasteiger partial charge in [0.1, 0.15) is 0 Å². The molecule has 0 bridgehead atoms. The van der Waals surface area contributed by atoms with Crippen LogP contribution in [0.15, 0.2) is 0 Å². The van der Waals surface area contributed by atoms with Crippen LogP contribution in [0.3, 0.4) is 0 Å². The van der Waals surface area contributed by atoms with Gasteiger partial charge in [0, 0.05) is 0 Å². The molecule has 10 heavy (non-hydrogen) atoms. The summed E-state index contributed by atoms with van der Waals surface area (Å²) in [7, 11) is 0. The SMILES string of the molecule is O=S(O)C1CCCCC1.[NaH]. The summed E-state index contributed by atoms with van der Waals surface area (Å²) in [5.74, 6) is 0. The molecule has 1 rings (SSSR count). The molecule has 1 N–H and O–H groups in total. The molecule has 0 radical (unpaired) electrons. The second-order valence-electron chi connectivity index (χ2n) is 2.54. The maximum absolute atomic E-state index is 10.5. The molecule has 0 spiro atoms. The average Bonchev–Trinajstić information content (AvgIpc) is 1.90. The fourth-order valence-electron chi connectivity index (χ4n) is 1.27. The van der Waals surface area contributed by atoms with Gasteiger partial charge in [-0.1, -0.05) is 19.3 Å². The van der Waals surface area contributed by atoms with Crippen molar-refractivity contribution in [3.63, 3.8) is 0 Å². The van der Waals surface area contributed by atoms with E-state index in [1.54, 1.807) is 0 Å². The number of hydrogen-bond acceptors (Lipinski definition) is 1. The van der Waals surface area contributed by atoms with Crippen LogP contribution in [0.4, 0.5) is 0 Å². The molecule has 2 nitrogen and oxygen atoms in total. The van der Waals surface area contributed by atoms with Gasteiger partial charge in [-0.25, -0.2) is 4.21 Å². The van der Waals surface area contributed by atoms with Crippen LogP contribution in [0.1, 0.15) is 32.1 Å². The maximum atomic E-state index is 10.5. The Balaban J connectivity index is 0.000000810. The van der Waals surface area contributed by atoms with Crippen LogP contribution in [0.25, 0.3) is 0 Å². The van der Waals surface area contributed by atoms with Crippen LogP contribution in [-0.2, 0) is 11.1 Å². The molecule has 1 atom stereocenters. The van der Waals surface area contributed by atoms with E-state index in [-0.39, 0.29) is 34.8 Å². The van der Waals surface area contributed by atoms with E-state index < -0.39 is 11.1 Å². The second kappa shape index (κ2) is 5.72. The average molecular weight is 172 g/mol. The van der Waals surface area contributed by atoms with Gasteiger partial charge in [-0.3, -0.25) is 0 Å². The molecule has 56 valence electrons. The Kier molecular flexibility index (Phi) is 6.36. The molecule has 0 heterocycles. The topological polar surface area (TPSA) is 37.3 Å². The molecule has 0 aromatic rings. The van der Waals surface area contributed by atoms with E-state index in [0.29, 0.717) is 0 Å². The van der Waals surface area contributed by atoms with Gasteiger partial charge in [0.05, 0.1) is 5.25 Å². The molecule has 0 amide bonds. The summed E-state index contributed by atoms with van der Waals surface area (Å²) in [6.07, 6.45) is 5.41. The predicted molar refractivity (Wildman–Crippen MR) is 44.8 cm³/mol. The first kappa shape index (κ1) is 11.1. The van der Waals surface area contributed by atoms with Crippen molar-refractivity contribution in [3.8, 4) is 0 Å². The van der Waals surface area contributed by atoms with Crippen LogP contribution in [0, 0.1) is 0 Å². The van der Waals surface area contributed by atoms with E-state index in [0.717, 1.165) is 25.7 Å². The Morgan fingerprint density at radius 3 is 2.00 bits per heavy atom. The monoisotopic (exact) mass is 172 g/mol. The minimum atomic E-state index is -1.55. The molecule has 1 aliphatic rings. The van der Waals surface area contributed by atoms with E-state index in [9.17, 15) is 4.21 Å². The summed E-state index contributed by atoms with van der Waals surface area (Å²) in [6, 6.07) is 0. The van der Waals surface area contributed by atoms with Crippen molar-refractivity contribution in [1.29, 1.82) is 0 Å². The Hall–Kier alpha value is 1.11. The van der Waals surface area contributed by atoms with Gasteiger partial charge in [-0.2, -0.15) is 0 Å². The Labute approximate surface area is 86.3 Å².